The van der Waals surface area contributed by atoms with E-state index in [9.17, 15) is 4.79 Å². The van der Waals surface area contributed by atoms with Crippen molar-refractivity contribution in [3.8, 4) is 0 Å². The lowest BCUT2D eigenvalue weighted by molar-refractivity contribution is 0.0982. The molecule has 0 spiro atoms. The summed E-state index contributed by atoms with van der Waals surface area (Å²) in [7, 11) is 0. The lowest BCUT2D eigenvalue weighted by Gasteiger charge is -1.99. The zero-order chi connectivity index (χ0) is 15.4. The molecule has 3 nitrogen and oxygen atoms in total. The van der Waals surface area contributed by atoms with E-state index in [0.29, 0.717) is 24.3 Å². The number of nitrogens with zero attached hydrogens (tertiary/aromatic N) is 1. The molecule has 0 aliphatic rings. The average Bonchev–Trinajstić information content (AvgIpc) is 2.94. The van der Waals surface area contributed by atoms with Crippen molar-refractivity contribution in [2.75, 3.05) is 5.88 Å². The lowest BCUT2D eigenvalue weighted by atomic mass is 10.1. The molecule has 4 heteroatoms. The van der Waals surface area contributed by atoms with Crippen molar-refractivity contribution in [3.63, 3.8) is 0 Å². The van der Waals surface area contributed by atoms with Crippen LogP contribution >= 0.6 is 11.6 Å². The Balaban J connectivity index is 1.82. The summed E-state index contributed by atoms with van der Waals surface area (Å²) in [6.45, 7) is 0. The molecule has 0 aliphatic carbocycles. The van der Waals surface area contributed by atoms with Crippen LogP contribution in [0.5, 0.6) is 0 Å². The van der Waals surface area contributed by atoms with Gasteiger partial charge in [0, 0.05) is 24.3 Å². The van der Waals surface area contributed by atoms with Crippen molar-refractivity contribution >= 4 is 28.4 Å². The van der Waals surface area contributed by atoms with Crippen LogP contribution in [0.2, 0.25) is 0 Å². The van der Waals surface area contributed by atoms with Crippen LogP contribution in [0.4, 0.5) is 0 Å². The van der Waals surface area contributed by atoms with E-state index in [1.807, 2.05) is 36.4 Å². The minimum Gasteiger partial charge on any atom is -0.342 e. The van der Waals surface area contributed by atoms with Crippen LogP contribution in [0, 0.1) is 0 Å². The molecule has 0 fully saturated rings. The lowest BCUT2D eigenvalue weighted by Crippen LogP contribution is -1.98. The van der Waals surface area contributed by atoms with Crippen molar-refractivity contribution in [2.24, 2.45) is 0 Å². The van der Waals surface area contributed by atoms with Gasteiger partial charge in [-0.25, -0.2) is 4.98 Å². The summed E-state index contributed by atoms with van der Waals surface area (Å²) in [6.07, 6.45) is 1.95. The van der Waals surface area contributed by atoms with E-state index in [0.717, 1.165) is 23.3 Å². The molecule has 1 aromatic heterocycles. The minimum absolute atomic E-state index is 0.127. The number of H-pyrrole nitrogens is 1. The van der Waals surface area contributed by atoms with Gasteiger partial charge in [-0.05, 0) is 30.2 Å². The van der Waals surface area contributed by atoms with Crippen molar-refractivity contribution in [1.29, 1.82) is 0 Å². The summed E-state index contributed by atoms with van der Waals surface area (Å²) < 4.78 is 0. The first-order chi connectivity index (χ1) is 10.8. The number of fused-ring (bicyclic) bond motifs is 1. The third-order valence-corrected chi connectivity index (χ3v) is 3.87. The van der Waals surface area contributed by atoms with Gasteiger partial charge in [0.1, 0.15) is 5.82 Å². The second-order valence-electron chi connectivity index (χ2n) is 5.29. The minimum atomic E-state index is 0.127. The molecule has 1 heterocycles. The molecule has 0 atom stereocenters. The molecular formula is C18H17ClN2O. The summed E-state index contributed by atoms with van der Waals surface area (Å²) in [5.41, 5.74) is 3.72. The number of hydrogen-bond donors (Lipinski definition) is 1. The first-order valence-corrected chi connectivity index (χ1v) is 7.91. The Labute approximate surface area is 134 Å². The number of carbonyl (C=O) groups excluding carboxylic acids is 1. The number of rotatable bonds is 6. The summed E-state index contributed by atoms with van der Waals surface area (Å²) in [6, 6.07) is 15.8. The second-order valence-corrected chi connectivity index (χ2v) is 5.67. The third-order valence-electron chi connectivity index (χ3n) is 3.60. The summed E-state index contributed by atoms with van der Waals surface area (Å²) >= 11 is 5.64. The fourth-order valence-corrected chi connectivity index (χ4v) is 2.61. The molecule has 0 bridgehead atoms. The number of carbonyl (C=O) groups is 1. The molecule has 0 saturated carbocycles. The zero-order valence-electron chi connectivity index (χ0n) is 12.2. The molecule has 0 saturated heterocycles. The van der Waals surface area contributed by atoms with E-state index in [1.165, 1.54) is 5.56 Å². The number of halogens is 1. The number of ketones is 1. The fraction of sp³-hybridized carbons (Fsp3) is 0.222. The van der Waals surface area contributed by atoms with Crippen LogP contribution in [0.25, 0.3) is 11.0 Å². The zero-order valence-corrected chi connectivity index (χ0v) is 12.9. The van der Waals surface area contributed by atoms with E-state index in [2.05, 4.69) is 22.1 Å². The molecule has 0 unspecified atom stereocenters. The van der Waals surface area contributed by atoms with E-state index >= 15 is 0 Å². The largest absolute Gasteiger partial charge is 0.342 e. The van der Waals surface area contributed by atoms with Gasteiger partial charge in [0.25, 0.3) is 0 Å². The molecule has 0 amide bonds. The number of nitrogens with one attached hydrogen (secondary N) is 1. The third kappa shape index (κ3) is 3.37. The van der Waals surface area contributed by atoms with Crippen LogP contribution in [0.1, 0.15) is 34.6 Å². The van der Waals surface area contributed by atoms with Gasteiger partial charge in [-0.3, -0.25) is 4.79 Å². The predicted molar refractivity (Wildman–Crippen MR) is 89.6 cm³/mol. The monoisotopic (exact) mass is 312 g/mol. The molecule has 0 aliphatic heterocycles. The number of hydrogen-bond acceptors (Lipinski definition) is 2. The fourth-order valence-electron chi connectivity index (χ4n) is 2.48. The smallest absolute Gasteiger partial charge is 0.162 e. The topological polar surface area (TPSA) is 45.8 Å². The summed E-state index contributed by atoms with van der Waals surface area (Å²) in [4.78, 5) is 19.9. The van der Waals surface area contributed by atoms with E-state index < -0.39 is 0 Å². The molecule has 3 rings (SSSR count). The maximum atomic E-state index is 12.1. The maximum absolute atomic E-state index is 12.1. The molecular weight excluding hydrogens is 296 g/mol. The Morgan fingerprint density at radius 3 is 2.73 bits per heavy atom. The number of benzene rings is 2. The van der Waals surface area contributed by atoms with Crippen LogP contribution in [0.15, 0.2) is 48.5 Å². The number of imidazole rings is 1. The molecule has 112 valence electrons. The standard InChI is InChI=1S/C18H17ClN2O/c19-10-4-7-17(22)14-8-9-15-16(12-14)21-18(20-15)11-13-5-2-1-3-6-13/h1-3,5-6,8-9,12H,4,7,10-11H2,(H,20,21). The van der Waals surface area contributed by atoms with E-state index in [-0.39, 0.29) is 5.78 Å². The maximum Gasteiger partial charge on any atom is 0.162 e. The van der Waals surface area contributed by atoms with Crippen LogP contribution in [-0.4, -0.2) is 21.6 Å². The molecule has 1 N–H and O–H groups in total. The first kappa shape index (κ1) is 14.8. The second kappa shape index (κ2) is 6.75. The van der Waals surface area contributed by atoms with E-state index in [4.69, 9.17) is 11.6 Å². The summed E-state index contributed by atoms with van der Waals surface area (Å²) in [5, 5.41) is 0. The van der Waals surface area contributed by atoms with Crippen LogP contribution < -0.4 is 0 Å². The summed E-state index contributed by atoms with van der Waals surface area (Å²) in [5.74, 6) is 1.55. The Hall–Kier alpha value is -2.13. The molecule has 3 aromatic rings. The Bertz CT molecular complexity index is 780. The highest BCUT2D eigenvalue weighted by Crippen LogP contribution is 2.17. The number of Topliss-reactive ketones (excluding diaryl/α,β-unsaturated/α-hetero) is 1. The van der Waals surface area contributed by atoms with Gasteiger partial charge in [-0.15, -0.1) is 11.6 Å². The van der Waals surface area contributed by atoms with Gasteiger partial charge in [-0.1, -0.05) is 30.3 Å². The highest BCUT2D eigenvalue weighted by Gasteiger charge is 2.09. The number of aromatic amines is 1. The number of alkyl halides is 1. The van der Waals surface area contributed by atoms with Crippen molar-refractivity contribution in [1.82, 2.24) is 9.97 Å². The Morgan fingerprint density at radius 1 is 1.14 bits per heavy atom. The molecule has 22 heavy (non-hydrogen) atoms. The van der Waals surface area contributed by atoms with Gasteiger partial charge in [-0.2, -0.15) is 0 Å². The predicted octanol–water partition coefficient (Wildman–Crippen LogP) is 4.36. The van der Waals surface area contributed by atoms with Gasteiger partial charge in [0.2, 0.25) is 0 Å². The van der Waals surface area contributed by atoms with Crippen molar-refractivity contribution in [2.45, 2.75) is 19.3 Å². The van der Waals surface area contributed by atoms with Crippen molar-refractivity contribution < 1.29 is 4.79 Å². The number of aromatic nitrogens is 2. The normalized spacial score (nSPS) is 11.0. The van der Waals surface area contributed by atoms with Gasteiger partial charge < -0.3 is 4.98 Å². The quantitative estimate of drug-likeness (QED) is 0.543. The highest BCUT2D eigenvalue weighted by atomic mass is 35.5. The van der Waals surface area contributed by atoms with Gasteiger partial charge in [0.15, 0.2) is 5.78 Å². The van der Waals surface area contributed by atoms with Gasteiger partial charge in [0.05, 0.1) is 11.0 Å². The Kier molecular flexibility index (Phi) is 4.54. The van der Waals surface area contributed by atoms with Crippen molar-refractivity contribution in [3.05, 3.63) is 65.5 Å². The SMILES string of the molecule is O=C(CCCCl)c1ccc2nc(Cc3ccccc3)[nH]c2c1. The van der Waals surface area contributed by atoms with E-state index in [1.54, 1.807) is 0 Å². The van der Waals surface area contributed by atoms with Crippen LogP contribution in [-0.2, 0) is 6.42 Å². The average molecular weight is 313 g/mol. The highest BCUT2D eigenvalue weighted by molar-refractivity contribution is 6.18. The van der Waals surface area contributed by atoms with Crippen LogP contribution in [0.3, 0.4) is 0 Å². The molecule has 0 radical (unpaired) electrons. The molecule has 2 aromatic carbocycles. The van der Waals surface area contributed by atoms with Gasteiger partial charge >= 0.3 is 0 Å². The first-order valence-electron chi connectivity index (χ1n) is 7.38. The Morgan fingerprint density at radius 2 is 1.95 bits per heavy atom.